The van der Waals surface area contributed by atoms with Crippen LogP contribution < -0.4 is 0 Å². The lowest BCUT2D eigenvalue weighted by Crippen LogP contribution is -2.41. The molecule has 0 spiro atoms. The first-order chi connectivity index (χ1) is 10.1. The Bertz CT molecular complexity index is 526. The number of piperidine rings is 1. The van der Waals surface area contributed by atoms with E-state index in [0.29, 0.717) is 36.7 Å². The molecule has 3 rings (SSSR count). The molecule has 0 unspecified atom stereocenters. The standard InChI is InChI=1S/C15H17BrFNO3/c16-11-1-2-13(17)12(9-11)14(19)18-5-3-10(4-6-18)15-20-7-8-21-15/h1-2,9-10,15H,3-8H2. The summed E-state index contributed by atoms with van der Waals surface area (Å²) in [7, 11) is 0. The predicted molar refractivity (Wildman–Crippen MR) is 78.4 cm³/mol. The molecule has 6 heteroatoms. The Morgan fingerprint density at radius 1 is 1.24 bits per heavy atom. The maximum absolute atomic E-state index is 13.8. The van der Waals surface area contributed by atoms with Crippen LogP contribution in [0.4, 0.5) is 4.39 Å². The Labute approximate surface area is 131 Å². The van der Waals surface area contributed by atoms with Gasteiger partial charge in [-0.15, -0.1) is 0 Å². The van der Waals surface area contributed by atoms with Gasteiger partial charge in [0.05, 0.1) is 18.8 Å². The summed E-state index contributed by atoms with van der Waals surface area (Å²) in [6, 6.07) is 4.43. The zero-order valence-corrected chi connectivity index (χ0v) is 13.1. The lowest BCUT2D eigenvalue weighted by atomic mass is 9.95. The van der Waals surface area contributed by atoms with Crippen molar-refractivity contribution in [3.8, 4) is 0 Å². The summed E-state index contributed by atoms with van der Waals surface area (Å²) in [5, 5.41) is 0. The number of hydrogen-bond donors (Lipinski definition) is 0. The van der Waals surface area contributed by atoms with Crippen LogP contribution >= 0.6 is 15.9 Å². The van der Waals surface area contributed by atoms with E-state index in [0.717, 1.165) is 12.8 Å². The van der Waals surface area contributed by atoms with Gasteiger partial charge in [-0.25, -0.2) is 4.39 Å². The lowest BCUT2D eigenvalue weighted by Gasteiger charge is -2.34. The van der Waals surface area contributed by atoms with Crippen LogP contribution in [-0.2, 0) is 9.47 Å². The summed E-state index contributed by atoms with van der Waals surface area (Å²) in [5.74, 6) is -0.405. The zero-order chi connectivity index (χ0) is 14.8. The van der Waals surface area contributed by atoms with Gasteiger partial charge in [0, 0.05) is 23.5 Å². The highest BCUT2D eigenvalue weighted by molar-refractivity contribution is 9.10. The molecule has 2 heterocycles. The molecule has 0 N–H and O–H groups in total. The molecule has 1 amide bonds. The number of benzene rings is 1. The fraction of sp³-hybridized carbons (Fsp3) is 0.533. The summed E-state index contributed by atoms with van der Waals surface area (Å²) < 4.78 is 25.5. The average molecular weight is 358 g/mol. The minimum Gasteiger partial charge on any atom is -0.350 e. The van der Waals surface area contributed by atoms with Gasteiger partial charge in [0.2, 0.25) is 0 Å². The number of ether oxygens (including phenoxy) is 2. The second kappa shape index (κ2) is 6.42. The van der Waals surface area contributed by atoms with Gasteiger partial charge in [-0.3, -0.25) is 4.79 Å². The molecule has 0 aromatic heterocycles. The van der Waals surface area contributed by atoms with E-state index in [2.05, 4.69) is 15.9 Å². The third kappa shape index (κ3) is 3.27. The van der Waals surface area contributed by atoms with Gasteiger partial charge in [-0.1, -0.05) is 15.9 Å². The second-order valence-electron chi connectivity index (χ2n) is 5.36. The van der Waals surface area contributed by atoms with E-state index in [1.54, 1.807) is 11.0 Å². The Hall–Kier alpha value is -0.980. The van der Waals surface area contributed by atoms with Crippen LogP contribution in [0.5, 0.6) is 0 Å². The van der Waals surface area contributed by atoms with Crippen molar-refractivity contribution in [2.24, 2.45) is 5.92 Å². The number of nitrogens with zero attached hydrogens (tertiary/aromatic N) is 1. The van der Waals surface area contributed by atoms with Crippen LogP contribution in [0.3, 0.4) is 0 Å². The Kier molecular flexibility index (Phi) is 4.57. The number of amides is 1. The van der Waals surface area contributed by atoms with Gasteiger partial charge in [0.25, 0.3) is 5.91 Å². The SMILES string of the molecule is O=C(c1cc(Br)ccc1F)N1CCC(C2OCCO2)CC1. The van der Waals surface area contributed by atoms with Crippen molar-refractivity contribution in [3.63, 3.8) is 0 Å². The molecule has 0 bridgehead atoms. The van der Waals surface area contributed by atoms with Crippen molar-refractivity contribution in [2.45, 2.75) is 19.1 Å². The van der Waals surface area contributed by atoms with E-state index in [1.807, 2.05) is 0 Å². The first-order valence-electron chi connectivity index (χ1n) is 7.12. The molecule has 0 radical (unpaired) electrons. The monoisotopic (exact) mass is 357 g/mol. The van der Waals surface area contributed by atoms with E-state index < -0.39 is 5.82 Å². The molecule has 0 saturated carbocycles. The van der Waals surface area contributed by atoms with E-state index >= 15 is 0 Å². The highest BCUT2D eigenvalue weighted by atomic mass is 79.9. The minimum absolute atomic E-state index is 0.121. The molecule has 2 saturated heterocycles. The van der Waals surface area contributed by atoms with Gasteiger partial charge >= 0.3 is 0 Å². The minimum atomic E-state index is -0.479. The number of likely N-dealkylation sites (tertiary alicyclic amines) is 1. The molecule has 1 aromatic carbocycles. The number of rotatable bonds is 2. The molecule has 4 nitrogen and oxygen atoms in total. The molecule has 1 aromatic rings. The summed E-state index contributed by atoms with van der Waals surface area (Å²) >= 11 is 3.27. The van der Waals surface area contributed by atoms with Gasteiger partial charge in [-0.2, -0.15) is 0 Å². The van der Waals surface area contributed by atoms with Crippen LogP contribution in [0.25, 0.3) is 0 Å². The Morgan fingerprint density at radius 3 is 2.57 bits per heavy atom. The van der Waals surface area contributed by atoms with Crippen LogP contribution in [-0.4, -0.2) is 43.4 Å². The highest BCUT2D eigenvalue weighted by Crippen LogP contribution is 2.27. The normalized spacial score (nSPS) is 21.0. The van der Waals surface area contributed by atoms with Crippen LogP contribution in [0.15, 0.2) is 22.7 Å². The van der Waals surface area contributed by atoms with Crippen LogP contribution in [0.1, 0.15) is 23.2 Å². The fourth-order valence-corrected chi connectivity index (χ4v) is 3.22. The molecular formula is C15H17BrFNO3. The quantitative estimate of drug-likeness (QED) is 0.816. The summed E-state index contributed by atoms with van der Waals surface area (Å²) in [4.78, 5) is 14.1. The molecule has 114 valence electrons. The second-order valence-corrected chi connectivity index (χ2v) is 6.28. The molecule has 21 heavy (non-hydrogen) atoms. The van der Waals surface area contributed by atoms with Crippen molar-refractivity contribution >= 4 is 21.8 Å². The van der Waals surface area contributed by atoms with E-state index in [-0.39, 0.29) is 17.8 Å². The third-order valence-electron chi connectivity index (χ3n) is 4.02. The average Bonchev–Trinajstić information content (AvgIpc) is 3.03. The Balaban J connectivity index is 1.63. The van der Waals surface area contributed by atoms with Gasteiger partial charge in [0.15, 0.2) is 6.29 Å². The molecule has 2 aliphatic rings. The van der Waals surface area contributed by atoms with Crippen LogP contribution in [0, 0.1) is 11.7 Å². The number of carbonyl (C=O) groups excluding carboxylic acids is 1. The van der Waals surface area contributed by atoms with Gasteiger partial charge in [0.1, 0.15) is 5.82 Å². The molecule has 2 fully saturated rings. The van der Waals surface area contributed by atoms with Gasteiger partial charge < -0.3 is 14.4 Å². The molecule has 0 atom stereocenters. The zero-order valence-electron chi connectivity index (χ0n) is 11.6. The topological polar surface area (TPSA) is 38.8 Å². The number of hydrogen-bond acceptors (Lipinski definition) is 3. The maximum Gasteiger partial charge on any atom is 0.256 e. The van der Waals surface area contributed by atoms with E-state index in [4.69, 9.17) is 9.47 Å². The van der Waals surface area contributed by atoms with Crippen molar-refractivity contribution in [3.05, 3.63) is 34.1 Å². The predicted octanol–water partition coefficient (Wildman–Crippen LogP) is 2.81. The van der Waals surface area contributed by atoms with Crippen molar-refractivity contribution < 1.29 is 18.7 Å². The highest BCUT2D eigenvalue weighted by Gasteiger charge is 2.32. The molecule has 0 aliphatic carbocycles. The maximum atomic E-state index is 13.8. The molecule has 2 aliphatic heterocycles. The first kappa shape index (κ1) is 14.9. The van der Waals surface area contributed by atoms with Crippen molar-refractivity contribution in [1.82, 2.24) is 4.90 Å². The number of carbonyl (C=O) groups is 1. The summed E-state index contributed by atoms with van der Waals surface area (Å²) in [5.41, 5.74) is 0.121. The summed E-state index contributed by atoms with van der Waals surface area (Å²) in [6.45, 7) is 2.51. The van der Waals surface area contributed by atoms with Crippen molar-refractivity contribution in [2.75, 3.05) is 26.3 Å². The first-order valence-corrected chi connectivity index (χ1v) is 7.92. The lowest BCUT2D eigenvalue weighted by molar-refractivity contribution is -0.0956. The van der Waals surface area contributed by atoms with E-state index in [9.17, 15) is 9.18 Å². The molecular weight excluding hydrogens is 341 g/mol. The Morgan fingerprint density at radius 2 is 1.90 bits per heavy atom. The fourth-order valence-electron chi connectivity index (χ4n) is 2.86. The summed E-state index contributed by atoms with van der Waals surface area (Å²) in [6.07, 6.45) is 1.52. The largest absolute Gasteiger partial charge is 0.350 e. The van der Waals surface area contributed by atoms with E-state index in [1.165, 1.54) is 12.1 Å². The number of halogens is 2. The van der Waals surface area contributed by atoms with Crippen molar-refractivity contribution in [1.29, 1.82) is 0 Å². The smallest absolute Gasteiger partial charge is 0.256 e. The van der Waals surface area contributed by atoms with Crippen LogP contribution in [0.2, 0.25) is 0 Å². The van der Waals surface area contributed by atoms with Gasteiger partial charge in [-0.05, 0) is 31.0 Å². The third-order valence-corrected chi connectivity index (χ3v) is 4.51.